The minimum atomic E-state index is -0.341. The van der Waals surface area contributed by atoms with Gasteiger partial charge in [-0.05, 0) is 81.0 Å². The SMILES string of the molecule is CC[C@H]1CC2(N)C3CCC(CCCOC)C3(C)CC[C@]2(N)C2(C)CCCCC12N. The number of nitrogens with two attached hydrogens (primary N) is 3. The van der Waals surface area contributed by atoms with Crippen molar-refractivity contribution in [3.8, 4) is 0 Å². The van der Waals surface area contributed by atoms with Gasteiger partial charge in [0.15, 0.2) is 0 Å². The van der Waals surface area contributed by atoms with Crippen LogP contribution in [0.25, 0.3) is 0 Å². The van der Waals surface area contributed by atoms with Crippen LogP contribution in [0.3, 0.4) is 0 Å². The highest BCUT2D eigenvalue weighted by molar-refractivity contribution is 5.33. The number of hydrogen-bond acceptors (Lipinski definition) is 4. The Morgan fingerprint density at radius 1 is 0.897 bits per heavy atom. The fourth-order valence-corrected chi connectivity index (χ4v) is 9.40. The van der Waals surface area contributed by atoms with Crippen LogP contribution in [-0.4, -0.2) is 30.3 Å². The smallest absolute Gasteiger partial charge is 0.0462 e. The Balaban J connectivity index is 1.72. The molecule has 168 valence electrons. The van der Waals surface area contributed by atoms with Crippen LogP contribution in [0.4, 0.5) is 0 Å². The fraction of sp³-hybridized carbons (Fsp3) is 1.00. The van der Waals surface area contributed by atoms with E-state index in [-0.39, 0.29) is 22.0 Å². The van der Waals surface area contributed by atoms with Crippen molar-refractivity contribution < 1.29 is 4.74 Å². The van der Waals surface area contributed by atoms with Crippen LogP contribution in [0.15, 0.2) is 0 Å². The molecular weight excluding hydrogens is 358 g/mol. The van der Waals surface area contributed by atoms with Crippen molar-refractivity contribution in [2.24, 2.45) is 45.8 Å². The van der Waals surface area contributed by atoms with E-state index in [1.54, 1.807) is 0 Å². The summed E-state index contributed by atoms with van der Waals surface area (Å²) in [6, 6.07) is 0. The third-order valence-electron chi connectivity index (χ3n) is 11.3. The molecule has 6 unspecified atom stereocenters. The zero-order valence-corrected chi connectivity index (χ0v) is 19.6. The van der Waals surface area contributed by atoms with E-state index in [1.807, 2.05) is 7.11 Å². The lowest BCUT2D eigenvalue weighted by molar-refractivity contribution is -0.176. The van der Waals surface area contributed by atoms with Gasteiger partial charge in [-0.25, -0.2) is 0 Å². The number of fused-ring (bicyclic) bond motifs is 5. The molecule has 4 aliphatic carbocycles. The van der Waals surface area contributed by atoms with Crippen LogP contribution in [0.1, 0.15) is 97.8 Å². The summed E-state index contributed by atoms with van der Waals surface area (Å²) in [4.78, 5) is 0. The van der Waals surface area contributed by atoms with Crippen LogP contribution >= 0.6 is 0 Å². The lowest BCUT2D eigenvalue weighted by Gasteiger charge is -2.75. The first kappa shape index (κ1) is 22.0. The summed E-state index contributed by atoms with van der Waals surface area (Å²) >= 11 is 0. The number of ether oxygens (including phenoxy) is 1. The average Bonchev–Trinajstić information content (AvgIpc) is 3.03. The van der Waals surface area contributed by atoms with Gasteiger partial charge >= 0.3 is 0 Å². The van der Waals surface area contributed by atoms with Crippen molar-refractivity contribution in [3.05, 3.63) is 0 Å². The second-order valence-corrected chi connectivity index (χ2v) is 11.9. The second kappa shape index (κ2) is 7.18. The molecule has 0 saturated heterocycles. The topological polar surface area (TPSA) is 87.3 Å². The maximum atomic E-state index is 7.60. The van der Waals surface area contributed by atoms with Crippen molar-refractivity contribution in [1.29, 1.82) is 0 Å². The van der Waals surface area contributed by atoms with Crippen LogP contribution in [0.2, 0.25) is 0 Å². The molecule has 6 N–H and O–H groups in total. The van der Waals surface area contributed by atoms with Gasteiger partial charge < -0.3 is 21.9 Å². The van der Waals surface area contributed by atoms with Crippen molar-refractivity contribution >= 4 is 0 Å². The molecule has 0 aliphatic heterocycles. The van der Waals surface area contributed by atoms with Crippen LogP contribution in [-0.2, 0) is 4.74 Å². The molecule has 4 saturated carbocycles. The Kier molecular flexibility index (Phi) is 5.46. The van der Waals surface area contributed by atoms with Gasteiger partial charge in [0.05, 0.1) is 0 Å². The molecule has 0 radical (unpaired) electrons. The molecule has 0 aromatic carbocycles. The number of rotatable bonds is 5. The van der Waals surface area contributed by atoms with E-state index < -0.39 is 0 Å². The van der Waals surface area contributed by atoms with Gasteiger partial charge in [-0.1, -0.05) is 40.0 Å². The van der Waals surface area contributed by atoms with E-state index >= 15 is 0 Å². The first-order valence-corrected chi connectivity index (χ1v) is 12.5. The molecule has 0 aromatic rings. The molecule has 0 spiro atoms. The zero-order valence-electron chi connectivity index (χ0n) is 19.6. The summed E-state index contributed by atoms with van der Waals surface area (Å²) in [6.45, 7) is 8.18. The first-order chi connectivity index (χ1) is 13.6. The molecule has 4 heteroatoms. The third kappa shape index (κ3) is 2.64. The van der Waals surface area contributed by atoms with Gasteiger partial charge in [0.1, 0.15) is 0 Å². The minimum Gasteiger partial charge on any atom is -0.385 e. The predicted molar refractivity (Wildman–Crippen MR) is 120 cm³/mol. The zero-order chi connectivity index (χ0) is 21.1. The van der Waals surface area contributed by atoms with Crippen LogP contribution in [0, 0.1) is 28.6 Å². The summed E-state index contributed by atoms with van der Waals surface area (Å²) < 4.78 is 5.35. The van der Waals surface area contributed by atoms with Gasteiger partial charge in [-0.15, -0.1) is 0 Å². The van der Waals surface area contributed by atoms with Crippen molar-refractivity contribution in [3.63, 3.8) is 0 Å². The summed E-state index contributed by atoms with van der Waals surface area (Å²) in [5.41, 5.74) is 22.0. The first-order valence-electron chi connectivity index (χ1n) is 12.5. The largest absolute Gasteiger partial charge is 0.385 e. The van der Waals surface area contributed by atoms with Crippen LogP contribution < -0.4 is 17.2 Å². The minimum absolute atomic E-state index is 0.0542. The molecule has 0 heterocycles. The van der Waals surface area contributed by atoms with E-state index in [0.717, 1.165) is 51.0 Å². The number of hydrogen-bond donors (Lipinski definition) is 3. The summed E-state index contributed by atoms with van der Waals surface area (Å²) in [5, 5.41) is 0. The van der Waals surface area contributed by atoms with Gasteiger partial charge in [0, 0.05) is 35.7 Å². The Bertz CT molecular complexity index is 627. The Hall–Kier alpha value is -0.160. The standard InChI is InChI=1S/C25H47N3O/c1-5-18-17-24(27)20-11-10-19(9-8-16-29-4)21(20,2)14-15-25(24,28)22(3)12-6-7-13-23(18,22)26/h18-20H,5-17,26-28H2,1-4H3/t18-,19?,20?,21?,22?,23?,24?,25-/m0/s1. The van der Waals surface area contributed by atoms with Crippen molar-refractivity contribution in [1.82, 2.24) is 0 Å². The highest BCUT2D eigenvalue weighted by Gasteiger charge is 2.75. The normalized spacial score (nSPS) is 54.5. The summed E-state index contributed by atoms with van der Waals surface area (Å²) in [7, 11) is 1.81. The molecule has 4 aliphatic rings. The maximum Gasteiger partial charge on any atom is 0.0462 e. The van der Waals surface area contributed by atoms with Gasteiger partial charge in [-0.2, -0.15) is 0 Å². The van der Waals surface area contributed by atoms with Gasteiger partial charge in [0.2, 0.25) is 0 Å². The Labute approximate surface area is 179 Å². The molecule has 4 nitrogen and oxygen atoms in total. The van der Waals surface area contributed by atoms with Crippen LogP contribution in [0.5, 0.6) is 0 Å². The summed E-state index contributed by atoms with van der Waals surface area (Å²) in [6.07, 6.45) is 14.2. The molecular formula is C25H47N3O. The lowest BCUT2D eigenvalue weighted by atomic mass is 9.35. The quantitative estimate of drug-likeness (QED) is 0.594. The third-order valence-corrected chi connectivity index (χ3v) is 11.3. The van der Waals surface area contributed by atoms with E-state index in [4.69, 9.17) is 21.9 Å². The van der Waals surface area contributed by atoms with Gasteiger partial charge in [0.25, 0.3) is 0 Å². The second-order valence-electron chi connectivity index (χ2n) is 11.9. The van der Waals surface area contributed by atoms with E-state index in [9.17, 15) is 0 Å². The highest BCUT2D eigenvalue weighted by atomic mass is 16.5. The Morgan fingerprint density at radius 3 is 2.31 bits per heavy atom. The molecule has 0 amide bonds. The molecule has 29 heavy (non-hydrogen) atoms. The number of methoxy groups -OCH3 is 1. The highest BCUT2D eigenvalue weighted by Crippen LogP contribution is 2.71. The Morgan fingerprint density at radius 2 is 1.62 bits per heavy atom. The fourth-order valence-electron chi connectivity index (χ4n) is 9.40. The molecule has 8 atom stereocenters. The van der Waals surface area contributed by atoms with Crippen molar-refractivity contribution in [2.45, 2.75) is 114 Å². The lowest BCUT2D eigenvalue weighted by Crippen LogP contribution is -2.88. The molecule has 4 fully saturated rings. The maximum absolute atomic E-state index is 7.60. The monoisotopic (exact) mass is 405 g/mol. The molecule has 4 rings (SSSR count). The average molecular weight is 406 g/mol. The molecule has 0 bridgehead atoms. The van der Waals surface area contributed by atoms with E-state index in [2.05, 4.69) is 20.8 Å². The van der Waals surface area contributed by atoms with E-state index in [1.165, 1.54) is 38.5 Å². The summed E-state index contributed by atoms with van der Waals surface area (Å²) in [5.74, 6) is 1.78. The molecule has 0 aromatic heterocycles. The predicted octanol–water partition coefficient (Wildman–Crippen LogP) is 4.34. The van der Waals surface area contributed by atoms with E-state index in [0.29, 0.717) is 17.3 Å². The van der Waals surface area contributed by atoms with Gasteiger partial charge in [-0.3, -0.25) is 0 Å². The van der Waals surface area contributed by atoms with Crippen molar-refractivity contribution in [2.75, 3.05) is 13.7 Å².